The van der Waals surface area contributed by atoms with E-state index in [1.165, 1.54) is 5.56 Å². The average molecular weight is 303 g/mol. The Kier molecular flexibility index (Phi) is 4.11. The fraction of sp³-hybridized carbons (Fsp3) is 0.562. The van der Waals surface area contributed by atoms with Crippen molar-refractivity contribution in [2.24, 2.45) is 5.92 Å². The third-order valence-corrected chi connectivity index (χ3v) is 4.38. The number of aromatic nitrogens is 1. The first-order chi connectivity index (χ1) is 10.6. The molecule has 0 unspecified atom stereocenters. The number of methoxy groups -OCH3 is 1. The summed E-state index contributed by atoms with van der Waals surface area (Å²) in [6.07, 6.45) is 2.16. The van der Waals surface area contributed by atoms with Crippen LogP contribution in [0.1, 0.15) is 23.2 Å². The summed E-state index contributed by atoms with van der Waals surface area (Å²) in [7, 11) is 1.61. The molecule has 0 N–H and O–H groups in total. The highest BCUT2D eigenvalue weighted by atomic mass is 16.5. The molecule has 0 aromatic carbocycles. The van der Waals surface area contributed by atoms with E-state index >= 15 is 0 Å². The minimum absolute atomic E-state index is 0.0459. The van der Waals surface area contributed by atoms with Crippen LogP contribution < -0.4 is 0 Å². The lowest BCUT2D eigenvalue weighted by atomic mass is 10.1. The van der Waals surface area contributed by atoms with Crippen LogP contribution in [0.5, 0.6) is 0 Å². The van der Waals surface area contributed by atoms with Crippen LogP contribution in [0.2, 0.25) is 0 Å². The number of hydrogen-bond donors (Lipinski definition) is 0. The second-order valence-electron chi connectivity index (χ2n) is 6.02. The molecule has 6 heteroatoms. The molecule has 1 aromatic rings. The van der Waals surface area contributed by atoms with Gasteiger partial charge in [0.05, 0.1) is 12.5 Å². The summed E-state index contributed by atoms with van der Waals surface area (Å²) in [5, 5.41) is 0. The minimum Gasteiger partial charge on any atom is -0.383 e. The predicted octanol–water partition coefficient (Wildman–Crippen LogP) is 0.727. The van der Waals surface area contributed by atoms with Crippen molar-refractivity contribution in [1.29, 1.82) is 0 Å². The molecule has 0 radical (unpaired) electrons. The molecule has 2 aliphatic rings. The van der Waals surface area contributed by atoms with Crippen LogP contribution in [0.4, 0.5) is 0 Å². The summed E-state index contributed by atoms with van der Waals surface area (Å²) >= 11 is 0. The number of amides is 2. The van der Waals surface area contributed by atoms with Crippen molar-refractivity contribution in [1.82, 2.24) is 14.8 Å². The van der Waals surface area contributed by atoms with Gasteiger partial charge in [-0.25, -0.2) is 0 Å². The average Bonchev–Trinajstić information content (AvgIpc) is 3.07. The first-order valence-corrected chi connectivity index (χ1v) is 7.58. The highest BCUT2D eigenvalue weighted by Gasteiger charge is 2.37. The van der Waals surface area contributed by atoms with Crippen molar-refractivity contribution in [2.75, 3.05) is 26.8 Å². The molecule has 0 aliphatic carbocycles. The molecule has 1 fully saturated rings. The fourth-order valence-electron chi connectivity index (χ4n) is 3.17. The van der Waals surface area contributed by atoms with Crippen LogP contribution in [0.25, 0.3) is 0 Å². The van der Waals surface area contributed by atoms with Gasteiger partial charge in [0.2, 0.25) is 11.8 Å². The molecule has 6 nitrogen and oxygen atoms in total. The number of carbonyl (C=O) groups excluding carboxylic acids is 2. The third-order valence-electron chi connectivity index (χ3n) is 4.38. The maximum Gasteiger partial charge on any atom is 0.228 e. The first kappa shape index (κ1) is 15.0. The zero-order valence-corrected chi connectivity index (χ0v) is 13.0. The molecule has 22 heavy (non-hydrogen) atoms. The molecule has 2 aliphatic heterocycles. The van der Waals surface area contributed by atoms with E-state index < -0.39 is 0 Å². The molecule has 118 valence electrons. The lowest BCUT2D eigenvalue weighted by molar-refractivity contribution is -0.136. The van der Waals surface area contributed by atoms with E-state index in [-0.39, 0.29) is 17.7 Å². The molecule has 3 heterocycles. The summed E-state index contributed by atoms with van der Waals surface area (Å²) in [5.74, 6) is -0.112. The van der Waals surface area contributed by atoms with Crippen molar-refractivity contribution in [2.45, 2.75) is 26.4 Å². The number of carbonyl (C=O) groups is 2. The van der Waals surface area contributed by atoms with Crippen LogP contribution in [0, 0.1) is 12.8 Å². The Morgan fingerprint density at radius 2 is 2.18 bits per heavy atom. The molecule has 3 rings (SSSR count). The Balaban J connectivity index is 1.63. The molecular weight excluding hydrogens is 282 g/mol. The highest BCUT2D eigenvalue weighted by Crippen LogP contribution is 2.27. The number of ether oxygens (including phenoxy) is 1. The number of aryl methyl sites for hydroxylation is 1. The van der Waals surface area contributed by atoms with E-state index in [9.17, 15) is 9.59 Å². The normalized spacial score (nSPS) is 20.6. The van der Waals surface area contributed by atoms with Gasteiger partial charge in [0.1, 0.15) is 0 Å². The smallest absolute Gasteiger partial charge is 0.228 e. The van der Waals surface area contributed by atoms with Crippen LogP contribution in [-0.4, -0.2) is 53.4 Å². The molecule has 0 saturated carbocycles. The molecule has 1 atom stereocenters. The van der Waals surface area contributed by atoms with Crippen LogP contribution in [0.3, 0.4) is 0 Å². The molecule has 2 amide bonds. The lowest BCUT2D eigenvalue weighted by Gasteiger charge is -2.20. The highest BCUT2D eigenvalue weighted by molar-refractivity contribution is 5.89. The van der Waals surface area contributed by atoms with Crippen molar-refractivity contribution in [3.8, 4) is 0 Å². The second kappa shape index (κ2) is 6.04. The Hall–Kier alpha value is -1.95. The number of likely N-dealkylation sites (tertiary alicyclic amines) is 1. The van der Waals surface area contributed by atoms with E-state index in [1.54, 1.807) is 12.0 Å². The quantitative estimate of drug-likeness (QED) is 0.822. The zero-order valence-electron chi connectivity index (χ0n) is 13.0. The van der Waals surface area contributed by atoms with E-state index in [4.69, 9.17) is 4.74 Å². The topological polar surface area (TPSA) is 62.7 Å². The Labute approximate surface area is 130 Å². The van der Waals surface area contributed by atoms with Gasteiger partial charge in [0.15, 0.2) is 0 Å². The molecule has 0 bridgehead atoms. The van der Waals surface area contributed by atoms with Gasteiger partial charge < -0.3 is 14.5 Å². The van der Waals surface area contributed by atoms with Gasteiger partial charge in [-0.15, -0.1) is 0 Å². The Bertz CT molecular complexity index is 602. The Morgan fingerprint density at radius 3 is 2.95 bits per heavy atom. The van der Waals surface area contributed by atoms with E-state index in [1.807, 2.05) is 24.1 Å². The maximum absolute atomic E-state index is 12.7. The largest absolute Gasteiger partial charge is 0.383 e. The molecule has 0 spiro atoms. The lowest BCUT2D eigenvalue weighted by Crippen LogP contribution is -2.34. The number of rotatable bonds is 4. The summed E-state index contributed by atoms with van der Waals surface area (Å²) in [6, 6.07) is 2.04. The summed E-state index contributed by atoms with van der Waals surface area (Å²) < 4.78 is 5.00. The van der Waals surface area contributed by atoms with Gasteiger partial charge in [0, 0.05) is 51.6 Å². The number of pyridine rings is 1. The van der Waals surface area contributed by atoms with Crippen molar-refractivity contribution in [3.05, 3.63) is 29.1 Å². The van der Waals surface area contributed by atoms with Crippen molar-refractivity contribution >= 4 is 11.8 Å². The summed E-state index contributed by atoms with van der Waals surface area (Å²) in [6.45, 7) is 4.75. The SMILES string of the molecule is COCCN1C[C@H](C(=O)N2Cc3cnc(C)cc3C2)CC1=O. The van der Waals surface area contributed by atoms with Crippen LogP contribution in [-0.2, 0) is 27.4 Å². The van der Waals surface area contributed by atoms with Gasteiger partial charge in [0.25, 0.3) is 0 Å². The van der Waals surface area contributed by atoms with Crippen LogP contribution in [0.15, 0.2) is 12.3 Å². The molecule has 1 aromatic heterocycles. The van der Waals surface area contributed by atoms with Gasteiger partial charge >= 0.3 is 0 Å². The van der Waals surface area contributed by atoms with Gasteiger partial charge in [-0.3, -0.25) is 14.6 Å². The van der Waals surface area contributed by atoms with Gasteiger partial charge in [-0.05, 0) is 24.1 Å². The second-order valence-corrected chi connectivity index (χ2v) is 6.02. The number of hydrogen-bond acceptors (Lipinski definition) is 4. The zero-order chi connectivity index (χ0) is 15.7. The predicted molar refractivity (Wildman–Crippen MR) is 79.8 cm³/mol. The van der Waals surface area contributed by atoms with E-state index in [0.717, 1.165) is 11.3 Å². The van der Waals surface area contributed by atoms with E-state index in [0.29, 0.717) is 39.2 Å². The Morgan fingerprint density at radius 1 is 1.41 bits per heavy atom. The monoisotopic (exact) mass is 303 g/mol. The fourth-order valence-corrected chi connectivity index (χ4v) is 3.17. The first-order valence-electron chi connectivity index (χ1n) is 7.58. The number of fused-ring (bicyclic) bond motifs is 1. The summed E-state index contributed by atoms with van der Waals surface area (Å²) in [4.78, 5) is 32.5. The molecule has 1 saturated heterocycles. The van der Waals surface area contributed by atoms with Crippen LogP contribution >= 0.6 is 0 Å². The third kappa shape index (κ3) is 2.83. The van der Waals surface area contributed by atoms with E-state index in [2.05, 4.69) is 4.98 Å². The number of nitrogens with zero attached hydrogens (tertiary/aromatic N) is 3. The summed E-state index contributed by atoms with van der Waals surface area (Å²) in [5.41, 5.74) is 3.25. The van der Waals surface area contributed by atoms with Crippen molar-refractivity contribution < 1.29 is 14.3 Å². The van der Waals surface area contributed by atoms with Gasteiger partial charge in [-0.1, -0.05) is 0 Å². The minimum atomic E-state index is -0.229. The van der Waals surface area contributed by atoms with Gasteiger partial charge in [-0.2, -0.15) is 0 Å². The standard InChI is InChI=1S/C16H21N3O3/c1-11-5-12-8-19(10-14(12)7-17-11)16(21)13-6-15(20)18(9-13)3-4-22-2/h5,7,13H,3-4,6,8-10H2,1-2H3/t13-/m1/s1. The van der Waals surface area contributed by atoms with Crippen molar-refractivity contribution in [3.63, 3.8) is 0 Å². The molecular formula is C16H21N3O3. The maximum atomic E-state index is 12.7.